The molecule has 0 aliphatic heterocycles. The maximum absolute atomic E-state index is 11.5. The number of hydrogen-bond donors (Lipinski definition) is 3. The molecular formula is C11H18N6O. The van der Waals surface area contributed by atoms with Gasteiger partial charge in [0.1, 0.15) is 11.6 Å². The van der Waals surface area contributed by atoms with Crippen LogP contribution in [0.25, 0.3) is 5.65 Å². The summed E-state index contributed by atoms with van der Waals surface area (Å²) in [6.45, 7) is 4.43. The van der Waals surface area contributed by atoms with E-state index in [4.69, 9.17) is 5.73 Å². The van der Waals surface area contributed by atoms with Gasteiger partial charge >= 0.3 is 5.69 Å². The summed E-state index contributed by atoms with van der Waals surface area (Å²) in [5.41, 5.74) is 5.98. The predicted molar refractivity (Wildman–Crippen MR) is 69.7 cm³/mol. The summed E-state index contributed by atoms with van der Waals surface area (Å²) < 4.78 is 1.43. The lowest BCUT2D eigenvalue weighted by atomic mass is 10.2. The average Bonchev–Trinajstić information content (AvgIpc) is 2.71. The van der Waals surface area contributed by atoms with Crippen molar-refractivity contribution < 1.29 is 0 Å². The number of anilines is 1. The van der Waals surface area contributed by atoms with Gasteiger partial charge in [-0.3, -0.25) is 0 Å². The fourth-order valence-corrected chi connectivity index (χ4v) is 1.98. The number of aromatic nitrogens is 4. The maximum atomic E-state index is 11.5. The van der Waals surface area contributed by atoms with E-state index in [-0.39, 0.29) is 11.7 Å². The summed E-state index contributed by atoms with van der Waals surface area (Å²) in [6, 6.07) is 1.93. The highest BCUT2D eigenvalue weighted by atomic mass is 16.1. The topological polar surface area (TPSA) is 101 Å². The smallest absolute Gasteiger partial charge is 0.349 e. The van der Waals surface area contributed by atoms with Gasteiger partial charge in [-0.05, 0) is 13.3 Å². The first-order valence-corrected chi connectivity index (χ1v) is 6.07. The Kier molecular flexibility index (Phi) is 3.61. The second kappa shape index (κ2) is 5.18. The van der Waals surface area contributed by atoms with Crippen molar-refractivity contribution in [3.63, 3.8) is 0 Å². The molecule has 0 amide bonds. The van der Waals surface area contributed by atoms with E-state index in [0.717, 1.165) is 12.8 Å². The van der Waals surface area contributed by atoms with E-state index in [2.05, 4.69) is 27.4 Å². The molecule has 4 N–H and O–H groups in total. The van der Waals surface area contributed by atoms with Crippen molar-refractivity contribution in [2.75, 3.05) is 11.9 Å². The van der Waals surface area contributed by atoms with E-state index in [9.17, 15) is 4.79 Å². The molecule has 0 aliphatic carbocycles. The minimum absolute atomic E-state index is 0.190. The lowest BCUT2D eigenvalue weighted by Gasteiger charge is -2.16. The largest absolute Gasteiger partial charge is 0.366 e. The molecule has 0 saturated carbocycles. The minimum atomic E-state index is -0.273. The van der Waals surface area contributed by atoms with E-state index in [1.807, 2.05) is 0 Å². The Morgan fingerprint density at radius 3 is 3.06 bits per heavy atom. The first-order valence-electron chi connectivity index (χ1n) is 6.07. The fraction of sp³-hybridized carbons (Fsp3) is 0.545. The third kappa shape index (κ3) is 2.35. The summed E-state index contributed by atoms with van der Waals surface area (Å²) in [5.74, 6) is 1.30. The third-order valence-corrected chi connectivity index (χ3v) is 2.84. The van der Waals surface area contributed by atoms with Crippen molar-refractivity contribution in [2.24, 2.45) is 5.73 Å². The van der Waals surface area contributed by atoms with Gasteiger partial charge in [0.25, 0.3) is 0 Å². The van der Waals surface area contributed by atoms with E-state index < -0.39 is 0 Å². The van der Waals surface area contributed by atoms with E-state index in [1.54, 1.807) is 13.0 Å². The number of rotatable bonds is 5. The van der Waals surface area contributed by atoms with Crippen LogP contribution in [0.1, 0.15) is 25.6 Å². The average molecular weight is 250 g/mol. The Balaban J connectivity index is 2.32. The first-order chi connectivity index (χ1) is 8.65. The van der Waals surface area contributed by atoms with Gasteiger partial charge in [-0.1, -0.05) is 13.3 Å². The number of nitrogens with zero attached hydrogens (tertiary/aromatic N) is 3. The van der Waals surface area contributed by atoms with E-state index in [1.165, 1.54) is 4.40 Å². The van der Waals surface area contributed by atoms with Crippen LogP contribution in [-0.2, 0) is 0 Å². The van der Waals surface area contributed by atoms with Crippen LogP contribution in [0.3, 0.4) is 0 Å². The summed E-state index contributed by atoms with van der Waals surface area (Å²) in [4.78, 5) is 15.8. The molecule has 0 fully saturated rings. The van der Waals surface area contributed by atoms with E-state index >= 15 is 0 Å². The van der Waals surface area contributed by atoms with Crippen molar-refractivity contribution in [1.82, 2.24) is 19.6 Å². The summed E-state index contributed by atoms with van der Waals surface area (Å²) >= 11 is 0. The zero-order valence-corrected chi connectivity index (χ0v) is 10.6. The molecule has 0 saturated heterocycles. The summed E-state index contributed by atoms with van der Waals surface area (Å²) in [5, 5.41) is 9.60. The third-order valence-electron chi connectivity index (χ3n) is 2.84. The highest BCUT2D eigenvalue weighted by Crippen LogP contribution is 2.10. The Morgan fingerprint density at radius 1 is 1.61 bits per heavy atom. The number of H-pyrrole nitrogens is 1. The van der Waals surface area contributed by atoms with Crippen molar-refractivity contribution in [3.05, 3.63) is 22.4 Å². The monoisotopic (exact) mass is 250 g/mol. The molecule has 7 nitrogen and oxygen atoms in total. The van der Waals surface area contributed by atoms with Crippen LogP contribution < -0.4 is 16.7 Å². The molecule has 2 aromatic heterocycles. The number of aryl methyl sites for hydroxylation is 1. The number of nitrogens with one attached hydrogen (secondary N) is 2. The normalized spacial score (nSPS) is 12.8. The Labute approximate surface area is 104 Å². The predicted octanol–water partition coefficient (Wildman–Crippen LogP) is 0.265. The minimum Gasteiger partial charge on any atom is -0.366 e. The second-order valence-electron chi connectivity index (χ2n) is 4.28. The van der Waals surface area contributed by atoms with Gasteiger partial charge in [0.15, 0.2) is 5.65 Å². The standard InChI is InChI=1S/C11H18N6O/c1-3-4-8(6-12)14-9-5-10-15-16-11(18)17(10)7(2)13-9/h5,8,14H,3-4,6,12H2,1-2H3,(H,16,18). The molecule has 2 heterocycles. The molecule has 18 heavy (non-hydrogen) atoms. The lowest BCUT2D eigenvalue weighted by molar-refractivity contribution is 0.645. The van der Waals surface area contributed by atoms with Crippen LogP contribution in [0.2, 0.25) is 0 Å². The van der Waals surface area contributed by atoms with Crippen molar-refractivity contribution in [2.45, 2.75) is 32.7 Å². The summed E-state index contributed by atoms with van der Waals surface area (Å²) in [6.07, 6.45) is 2.04. The van der Waals surface area contributed by atoms with Crippen LogP contribution in [0.15, 0.2) is 10.9 Å². The van der Waals surface area contributed by atoms with Gasteiger partial charge in [-0.25, -0.2) is 19.3 Å². The Morgan fingerprint density at radius 2 is 2.39 bits per heavy atom. The Bertz CT molecular complexity index is 587. The quantitative estimate of drug-likeness (QED) is 0.707. The maximum Gasteiger partial charge on any atom is 0.349 e. The van der Waals surface area contributed by atoms with Gasteiger partial charge in [-0.15, -0.1) is 0 Å². The number of hydrogen-bond acceptors (Lipinski definition) is 5. The zero-order chi connectivity index (χ0) is 13.1. The second-order valence-corrected chi connectivity index (χ2v) is 4.28. The van der Waals surface area contributed by atoms with Crippen LogP contribution >= 0.6 is 0 Å². The lowest BCUT2D eigenvalue weighted by Crippen LogP contribution is -2.29. The van der Waals surface area contributed by atoms with Gasteiger partial charge in [0.05, 0.1) is 0 Å². The highest BCUT2D eigenvalue weighted by molar-refractivity contribution is 5.50. The molecule has 0 bridgehead atoms. The van der Waals surface area contributed by atoms with Crippen LogP contribution in [0.5, 0.6) is 0 Å². The van der Waals surface area contributed by atoms with Crippen LogP contribution in [0, 0.1) is 6.92 Å². The van der Waals surface area contributed by atoms with Crippen molar-refractivity contribution in [1.29, 1.82) is 0 Å². The molecule has 7 heteroatoms. The molecule has 1 unspecified atom stereocenters. The zero-order valence-electron chi connectivity index (χ0n) is 10.6. The van der Waals surface area contributed by atoms with E-state index in [0.29, 0.717) is 23.8 Å². The van der Waals surface area contributed by atoms with Gasteiger partial charge in [0, 0.05) is 18.7 Å². The molecule has 98 valence electrons. The Hall–Kier alpha value is -1.89. The van der Waals surface area contributed by atoms with Crippen LogP contribution in [-0.4, -0.2) is 32.2 Å². The van der Waals surface area contributed by atoms with Crippen molar-refractivity contribution >= 4 is 11.5 Å². The SMILES string of the molecule is CCCC(CN)Nc1cc2n[nH]c(=O)n2c(C)n1. The molecule has 0 aromatic carbocycles. The molecule has 1 atom stereocenters. The number of aromatic amines is 1. The molecule has 0 spiro atoms. The number of nitrogens with two attached hydrogens (primary N) is 1. The first kappa shape index (κ1) is 12.6. The van der Waals surface area contributed by atoms with Gasteiger partial charge < -0.3 is 11.1 Å². The summed E-state index contributed by atoms with van der Waals surface area (Å²) in [7, 11) is 0. The fourth-order valence-electron chi connectivity index (χ4n) is 1.98. The molecule has 2 rings (SSSR count). The van der Waals surface area contributed by atoms with Crippen LogP contribution in [0.4, 0.5) is 5.82 Å². The van der Waals surface area contributed by atoms with Crippen molar-refractivity contribution in [3.8, 4) is 0 Å². The molecular weight excluding hydrogens is 232 g/mol. The molecule has 0 radical (unpaired) electrons. The number of fused-ring (bicyclic) bond motifs is 1. The highest BCUT2D eigenvalue weighted by Gasteiger charge is 2.10. The molecule has 0 aliphatic rings. The molecule has 2 aromatic rings. The van der Waals surface area contributed by atoms with Gasteiger partial charge in [-0.2, -0.15) is 5.10 Å². The van der Waals surface area contributed by atoms with Gasteiger partial charge in [0.2, 0.25) is 0 Å².